The van der Waals surface area contributed by atoms with E-state index in [4.69, 9.17) is 26.8 Å². The van der Waals surface area contributed by atoms with Gasteiger partial charge in [0.15, 0.2) is 5.75 Å². The zero-order valence-corrected chi connectivity index (χ0v) is 12.4. The minimum Gasteiger partial charge on any atom is -0.491 e. The van der Waals surface area contributed by atoms with Crippen LogP contribution < -0.4 is 10.5 Å². The molecule has 1 fully saturated rings. The van der Waals surface area contributed by atoms with Gasteiger partial charge in [-0.1, -0.05) is 30.9 Å². The van der Waals surface area contributed by atoms with Gasteiger partial charge in [0.05, 0.1) is 18.7 Å². The number of nitrogen functional groups attached to an aromatic ring is 1. The fraction of sp³-hybridized carbons (Fsp3) is 0.533. The number of esters is 1. The number of halogens is 1. The van der Waals surface area contributed by atoms with Gasteiger partial charge in [0.25, 0.3) is 0 Å². The smallest absolute Gasteiger partial charge is 0.341 e. The molecule has 0 aliphatic heterocycles. The Balaban J connectivity index is 2.14. The number of benzene rings is 1. The molecule has 110 valence electrons. The maximum Gasteiger partial charge on any atom is 0.341 e. The summed E-state index contributed by atoms with van der Waals surface area (Å²) in [5.74, 6) is 0.416. The number of carbonyl (C=O) groups excluding carboxylic acids is 1. The van der Waals surface area contributed by atoms with Crippen molar-refractivity contribution in [2.75, 3.05) is 19.5 Å². The first-order chi connectivity index (χ1) is 9.61. The highest BCUT2D eigenvalue weighted by Gasteiger charge is 2.20. The third-order valence-corrected chi connectivity index (χ3v) is 3.94. The second-order valence-electron chi connectivity index (χ2n) is 5.19. The summed E-state index contributed by atoms with van der Waals surface area (Å²) in [7, 11) is 1.32. The lowest BCUT2D eigenvalue weighted by molar-refractivity contribution is 0.0594. The van der Waals surface area contributed by atoms with E-state index in [-0.39, 0.29) is 5.56 Å². The monoisotopic (exact) mass is 297 g/mol. The molecule has 0 unspecified atom stereocenters. The van der Waals surface area contributed by atoms with Crippen molar-refractivity contribution in [2.45, 2.75) is 32.1 Å². The Hall–Kier alpha value is -1.42. The second kappa shape index (κ2) is 6.84. The second-order valence-corrected chi connectivity index (χ2v) is 5.59. The van der Waals surface area contributed by atoms with Crippen LogP contribution in [0.15, 0.2) is 12.1 Å². The molecule has 4 nitrogen and oxygen atoms in total. The van der Waals surface area contributed by atoms with E-state index in [2.05, 4.69) is 0 Å². The van der Waals surface area contributed by atoms with Crippen LogP contribution >= 0.6 is 11.6 Å². The van der Waals surface area contributed by atoms with Crippen molar-refractivity contribution in [3.63, 3.8) is 0 Å². The zero-order valence-electron chi connectivity index (χ0n) is 11.7. The predicted octanol–water partition coefficient (Wildman–Crippen LogP) is 3.67. The van der Waals surface area contributed by atoms with Crippen molar-refractivity contribution in [3.05, 3.63) is 22.7 Å². The van der Waals surface area contributed by atoms with Crippen molar-refractivity contribution in [1.82, 2.24) is 0 Å². The van der Waals surface area contributed by atoms with Crippen LogP contribution in [0, 0.1) is 5.92 Å². The largest absolute Gasteiger partial charge is 0.491 e. The van der Waals surface area contributed by atoms with Crippen LogP contribution in [0.5, 0.6) is 5.75 Å². The lowest BCUT2D eigenvalue weighted by Crippen LogP contribution is -2.17. The van der Waals surface area contributed by atoms with E-state index in [1.807, 2.05) is 0 Å². The van der Waals surface area contributed by atoms with Crippen LogP contribution in [0.1, 0.15) is 42.5 Å². The van der Waals surface area contributed by atoms with E-state index in [0.717, 1.165) is 0 Å². The molecule has 0 heterocycles. The SMILES string of the molecule is COC(=O)c1cc(N)cc(Cl)c1OCC1CCCCC1. The van der Waals surface area contributed by atoms with Crippen LogP contribution in [0.4, 0.5) is 5.69 Å². The third kappa shape index (κ3) is 3.57. The Bertz CT molecular complexity index is 484. The maximum atomic E-state index is 11.8. The molecule has 0 amide bonds. The first-order valence-corrected chi connectivity index (χ1v) is 7.29. The van der Waals surface area contributed by atoms with Gasteiger partial charge in [-0.3, -0.25) is 0 Å². The number of hydrogen-bond acceptors (Lipinski definition) is 4. The van der Waals surface area contributed by atoms with Crippen molar-refractivity contribution >= 4 is 23.3 Å². The first-order valence-electron chi connectivity index (χ1n) is 6.92. The number of methoxy groups -OCH3 is 1. The van der Waals surface area contributed by atoms with E-state index in [1.165, 1.54) is 45.3 Å². The number of nitrogens with two attached hydrogens (primary N) is 1. The van der Waals surface area contributed by atoms with Crippen LogP contribution in [0.3, 0.4) is 0 Å². The minimum absolute atomic E-state index is 0.285. The summed E-state index contributed by atoms with van der Waals surface area (Å²) < 4.78 is 10.5. The zero-order chi connectivity index (χ0) is 14.5. The van der Waals surface area contributed by atoms with Gasteiger partial charge in [-0.05, 0) is 30.9 Å². The van der Waals surface area contributed by atoms with E-state index in [1.54, 1.807) is 6.07 Å². The average Bonchev–Trinajstić information content (AvgIpc) is 2.46. The van der Waals surface area contributed by atoms with Gasteiger partial charge < -0.3 is 15.2 Å². The molecule has 0 radical (unpaired) electrons. The Morgan fingerprint density at radius 1 is 1.35 bits per heavy atom. The van der Waals surface area contributed by atoms with E-state index >= 15 is 0 Å². The molecular formula is C15H20ClNO3. The highest BCUT2D eigenvalue weighted by molar-refractivity contribution is 6.33. The molecule has 1 aromatic carbocycles. The summed E-state index contributed by atoms with van der Waals surface area (Å²) in [6, 6.07) is 3.12. The minimum atomic E-state index is -0.488. The van der Waals surface area contributed by atoms with Crippen molar-refractivity contribution in [3.8, 4) is 5.75 Å². The van der Waals surface area contributed by atoms with Gasteiger partial charge in [0.2, 0.25) is 0 Å². The number of ether oxygens (including phenoxy) is 2. The third-order valence-electron chi connectivity index (χ3n) is 3.66. The highest BCUT2D eigenvalue weighted by Crippen LogP contribution is 2.33. The van der Waals surface area contributed by atoms with Crippen LogP contribution in [0.25, 0.3) is 0 Å². The molecule has 2 rings (SSSR count). The summed E-state index contributed by atoms with van der Waals surface area (Å²) >= 11 is 6.14. The fourth-order valence-corrected chi connectivity index (χ4v) is 2.86. The standard InChI is InChI=1S/C15H20ClNO3/c1-19-15(18)12-7-11(17)8-13(16)14(12)20-9-10-5-3-2-4-6-10/h7-8,10H,2-6,9,17H2,1H3. The van der Waals surface area contributed by atoms with Crippen molar-refractivity contribution < 1.29 is 14.3 Å². The summed E-state index contributed by atoms with van der Waals surface area (Å²) in [6.07, 6.45) is 6.12. The Kier molecular flexibility index (Phi) is 5.12. The number of rotatable bonds is 4. The molecule has 0 aromatic heterocycles. The molecule has 1 aromatic rings. The topological polar surface area (TPSA) is 61.5 Å². The van der Waals surface area contributed by atoms with Crippen LogP contribution in [-0.4, -0.2) is 19.7 Å². The predicted molar refractivity (Wildman–Crippen MR) is 79.3 cm³/mol. The molecular weight excluding hydrogens is 278 g/mol. The van der Waals surface area contributed by atoms with E-state index in [0.29, 0.717) is 29.0 Å². The first kappa shape index (κ1) is 15.0. The summed E-state index contributed by atoms with van der Waals surface area (Å²) in [5.41, 5.74) is 6.41. The van der Waals surface area contributed by atoms with Crippen molar-refractivity contribution in [2.24, 2.45) is 5.92 Å². The average molecular weight is 298 g/mol. The maximum absolute atomic E-state index is 11.8. The number of anilines is 1. The molecule has 20 heavy (non-hydrogen) atoms. The molecule has 0 atom stereocenters. The molecule has 0 saturated heterocycles. The van der Waals surface area contributed by atoms with E-state index in [9.17, 15) is 4.79 Å². The molecule has 0 bridgehead atoms. The summed E-state index contributed by atoms with van der Waals surface area (Å²) in [5, 5.41) is 0.348. The number of hydrogen-bond donors (Lipinski definition) is 1. The normalized spacial score (nSPS) is 15.9. The lowest BCUT2D eigenvalue weighted by Gasteiger charge is -2.22. The Labute approximate surface area is 124 Å². The highest BCUT2D eigenvalue weighted by atomic mass is 35.5. The Morgan fingerprint density at radius 3 is 2.70 bits per heavy atom. The van der Waals surface area contributed by atoms with Gasteiger partial charge in [0, 0.05) is 5.69 Å². The number of carbonyl (C=O) groups is 1. The van der Waals surface area contributed by atoms with Crippen LogP contribution in [-0.2, 0) is 4.74 Å². The van der Waals surface area contributed by atoms with Crippen LogP contribution in [0.2, 0.25) is 5.02 Å². The van der Waals surface area contributed by atoms with Gasteiger partial charge >= 0.3 is 5.97 Å². The molecule has 2 N–H and O–H groups in total. The van der Waals surface area contributed by atoms with Crippen molar-refractivity contribution in [1.29, 1.82) is 0 Å². The molecule has 1 aliphatic rings. The van der Waals surface area contributed by atoms with Gasteiger partial charge in [0.1, 0.15) is 5.56 Å². The molecule has 0 spiro atoms. The van der Waals surface area contributed by atoms with Gasteiger partial charge in [-0.25, -0.2) is 4.79 Å². The Morgan fingerprint density at radius 2 is 2.05 bits per heavy atom. The van der Waals surface area contributed by atoms with Gasteiger partial charge in [-0.15, -0.1) is 0 Å². The quantitative estimate of drug-likeness (QED) is 0.680. The fourth-order valence-electron chi connectivity index (χ4n) is 2.58. The summed E-state index contributed by atoms with van der Waals surface area (Å²) in [4.78, 5) is 11.8. The van der Waals surface area contributed by atoms with E-state index < -0.39 is 5.97 Å². The molecule has 5 heteroatoms. The molecule has 1 aliphatic carbocycles. The lowest BCUT2D eigenvalue weighted by atomic mass is 9.90. The summed E-state index contributed by atoms with van der Waals surface area (Å²) in [6.45, 7) is 0.577. The van der Waals surface area contributed by atoms with Gasteiger partial charge in [-0.2, -0.15) is 0 Å². The molecule has 1 saturated carbocycles.